The van der Waals surface area contributed by atoms with Crippen LogP contribution in [0.3, 0.4) is 0 Å². The zero-order valence-corrected chi connectivity index (χ0v) is 15.5. The average Bonchev–Trinajstić information content (AvgIpc) is 2.78. The van der Waals surface area contributed by atoms with Gasteiger partial charge in [0, 0.05) is 24.7 Å². The lowest BCUT2D eigenvalue weighted by Crippen LogP contribution is -2.41. The molecule has 0 bridgehead atoms. The Morgan fingerprint density at radius 2 is 1.65 bits per heavy atom. The van der Waals surface area contributed by atoms with E-state index in [0.29, 0.717) is 26.1 Å². The molecule has 1 aromatic rings. The van der Waals surface area contributed by atoms with Crippen LogP contribution < -0.4 is 10.8 Å². The van der Waals surface area contributed by atoms with Gasteiger partial charge in [0.05, 0.1) is 16.8 Å². The fourth-order valence-electron chi connectivity index (χ4n) is 3.00. The van der Waals surface area contributed by atoms with E-state index in [1.165, 1.54) is 12.1 Å². The van der Waals surface area contributed by atoms with Crippen LogP contribution in [-0.2, 0) is 14.0 Å². The van der Waals surface area contributed by atoms with Crippen LogP contribution in [0.4, 0.5) is 8.78 Å². The fourth-order valence-corrected chi connectivity index (χ4v) is 3.00. The van der Waals surface area contributed by atoms with Gasteiger partial charge in [-0.05, 0) is 46.6 Å². The SMILES string of the molecule is CC1(C)OB(c2ccc(C(=O)NC3CCOCC3)c(F)c2F)OC1(C)C. The van der Waals surface area contributed by atoms with Crippen LogP contribution in [0.2, 0.25) is 0 Å². The summed E-state index contributed by atoms with van der Waals surface area (Å²) >= 11 is 0. The van der Waals surface area contributed by atoms with Crippen molar-refractivity contribution < 1.29 is 27.6 Å². The number of hydrogen-bond acceptors (Lipinski definition) is 4. The topological polar surface area (TPSA) is 56.8 Å². The molecule has 2 aliphatic heterocycles. The normalized spacial score (nSPS) is 22.5. The second-order valence-electron chi connectivity index (χ2n) is 7.78. The van der Waals surface area contributed by atoms with Crippen molar-refractivity contribution in [3.8, 4) is 0 Å². The van der Waals surface area contributed by atoms with Crippen molar-refractivity contribution in [2.45, 2.75) is 57.8 Å². The standard InChI is InChI=1S/C18H24BF2NO4/c1-17(2)18(3,4)26-19(25-17)13-6-5-12(14(20)15(13)21)16(23)22-11-7-9-24-10-8-11/h5-6,11H,7-10H2,1-4H3,(H,22,23). The molecule has 5 nitrogen and oxygen atoms in total. The lowest BCUT2D eigenvalue weighted by atomic mass is 9.78. The number of hydrogen-bond donors (Lipinski definition) is 1. The molecule has 0 radical (unpaired) electrons. The third-order valence-corrected chi connectivity index (χ3v) is 5.42. The van der Waals surface area contributed by atoms with Crippen LogP contribution in [0.25, 0.3) is 0 Å². The van der Waals surface area contributed by atoms with Gasteiger partial charge < -0.3 is 19.4 Å². The molecule has 0 aliphatic carbocycles. The summed E-state index contributed by atoms with van der Waals surface area (Å²) in [5.74, 6) is -2.95. The molecule has 1 N–H and O–H groups in total. The Balaban J connectivity index is 1.79. The van der Waals surface area contributed by atoms with Crippen molar-refractivity contribution in [1.82, 2.24) is 5.32 Å². The smallest absolute Gasteiger partial charge is 0.399 e. The Labute approximate surface area is 152 Å². The number of halogens is 2. The molecule has 0 spiro atoms. The van der Waals surface area contributed by atoms with E-state index in [1.54, 1.807) is 0 Å². The van der Waals surface area contributed by atoms with Gasteiger partial charge in [0.15, 0.2) is 11.6 Å². The first-order valence-corrected chi connectivity index (χ1v) is 8.84. The predicted octanol–water partition coefficient (Wildman–Crippen LogP) is 2.17. The molecule has 0 saturated carbocycles. The molecule has 1 aromatic carbocycles. The van der Waals surface area contributed by atoms with Crippen LogP contribution in [0, 0.1) is 11.6 Å². The summed E-state index contributed by atoms with van der Waals surface area (Å²) in [4.78, 5) is 12.3. The molecular weight excluding hydrogens is 343 g/mol. The second kappa shape index (κ2) is 6.90. The average molecular weight is 367 g/mol. The number of benzene rings is 1. The first-order valence-electron chi connectivity index (χ1n) is 8.84. The highest BCUT2D eigenvalue weighted by Gasteiger charge is 2.52. The zero-order valence-electron chi connectivity index (χ0n) is 15.5. The number of amides is 1. The molecule has 3 rings (SSSR count). The summed E-state index contributed by atoms with van der Waals surface area (Å²) in [7, 11) is -1.03. The fraction of sp³-hybridized carbons (Fsp3) is 0.611. The first-order chi connectivity index (χ1) is 12.1. The van der Waals surface area contributed by atoms with Crippen molar-refractivity contribution in [2.75, 3.05) is 13.2 Å². The lowest BCUT2D eigenvalue weighted by molar-refractivity contribution is 0.00578. The van der Waals surface area contributed by atoms with Gasteiger partial charge in [0.2, 0.25) is 0 Å². The Hall–Kier alpha value is -1.51. The minimum atomic E-state index is -1.19. The van der Waals surface area contributed by atoms with Crippen LogP contribution >= 0.6 is 0 Å². The Bertz CT molecular complexity index is 689. The van der Waals surface area contributed by atoms with Crippen LogP contribution in [0.5, 0.6) is 0 Å². The van der Waals surface area contributed by atoms with E-state index in [2.05, 4.69) is 5.32 Å². The number of carbonyl (C=O) groups excluding carboxylic acids is 1. The van der Waals surface area contributed by atoms with Gasteiger partial charge in [-0.2, -0.15) is 0 Å². The highest BCUT2D eigenvalue weighted by molar-refractivity contribution is 6.62. The molecule has 0 unspecified atom stereocenters. The van der Waals surface area contributed by atoms with E-state index < -0.39 is 35.9 Å². The molecule has 2 aliphatic rings. The molecule has 2 saturated heterocycles. The maximum atomic E-state index is 14.6. The van der Waals surface area contributed by atoms with E-state index >= 15 is 0 Å². The molecule has 1 amide bonds. The van der Waals surface area contributed by atoms with E-state index in [9.17, 15) is 13.6 Å². The number of ether oxygens (including phenoxy) is 1. The van der Waals surface area contributed by atoms with Gasteiger partial charge in [-0.3, -0.25) is 4.79 Å². The van der Waals surface area contributed by atoms with Crippen LogP contribution in [0.15, 0.2) is 12.1 Å². The third-order valence-electron chi connectivity index (χ3n) is 5.42. The molecule has 2 fully saturated rings. The largest absolute Gasteiger partial charge is 0.497 e. The monoisotopic (exact) mass is 367 g/mol. The number of nitrogens with one attached hydrogen (secondary N) is 1. The van der Waals surface area contributed by atoms with Gasteiger partial charge in [-0.1, -0.05) is 6.07 Å². The van der Waals surface area contributed by atoms with Gasteiger partial charge >= 0.3 is 7.12 Å². The lowest BCUT2D eigenvalue weighted by Gasteiger charge is -2.32. The van der Waals surface area contributed by atoms with Crippen molar-refractivity contribution in [1.29, 1.82) is 0 Å². The number of carbonyl (C=O) groups is 1. The van der Waals surface area contributed by atoms with E-state index in [1.807, 2.05) is 27.7 Å². The second-order valence-corrected chi connectivity index (χ2v) is 7.78. The Morgan fingerprint density at radius 1 is 1.08 bits per heavy atom. The van der Waals surface area contributed by atoms with Crippen LogP contribution in [0.1, 0.15) is 50.9 Å². The molecule has 8 heteroatoms. The van der Waals surface area contributed by atoms with E-state index in [0.717, 1.165) is 0 Å². The first kappa shape index (κ1) is 19.3. The van der Waals surface area contributed by atoms with Gasteiger partial charge in [-0.15, -0.1) is 0 Å². The molecule has 0 atom stereocenters. The Morgan fingerprint density at radius 3 is 2.23 bits per heavy atom. The van der Waals surface area contributed by atoms with Gasteiger partial charge in [0.1, 0.15) is 0 Å². The van der Waals surface area contributed by atoms with Crippen molar-refractivity contribution in [2.24, 2.45) is 0 Å². The summed E-state index contributed by atoms with van der Waals surface area (Å²) in [6.07, 6.45) is 1.31. The van der Waals surface area contributed by atoms with E-state index in [4.69, 9.17) is 14.0 Å². The minimum Gasteiger partial charge on any atom is -0.399 e. The van der Waals surface area contributed by atoms with Crippen LogP contribution in [-0.4, -0.2) is 43.5 Å². The zero-order chi connectivity index (χ0) is 19.1. The summed E-state index contributed by atoms with van der Waals surface area (Å²) in [5.41, 5.74) is -1.71. The number of rotatable bonds is 3. The third kappa shape index (κ3) is 3.50. The summed E-state index contributed by atoms with van der Waals surface area (Å²) in [6, 6.07) is 2.52. The van der Waals surface area contributed by atoms with Crippen molar-refractivity contribution in [3.63, 3.8) is 0 Å². The van der Waals surface area contributed by atoms with E-state index in [-0.39, 0.29) is 17.1 Å². The summed E-state index contributed by atoms with van der Waals surface area (Å²) in [5, 5.41) is 2.73. The molecule has 26 heavy (non-hydrogen) atoms. The molecule has 0 aromatic heterocycles. The molecule has 2 heterocycles. The maximum absolute atomic E-state index is 14.6. The highest BCUT2D eigenvalue weighted by Crippen LogP contribution is 2.36. The molecule has 142 valence electrons. The highest BCUT2D eigenvalue weighted by atomic mass is 19.2. The van der Waals surface area contributed by atoms with Gasteiger partial charge in [-0.25, -0.2) is 8.78 Å². The summed E-state index contributed by atoms with van der Waals surface area (Å²) in [6.45, 7) is 8.41. The quantitative estimate of drug-likeness (QED) is 0.833. The maximum Gasteiger partial charge on any atom is 0.497 e. The van der Waals surface area contributed by atoms with Gasteiger partial charge in [0.25, 0.3) is 5.91 Å². The Kier molecular flexibility index (Phi) is 5.12. The molecular formula is C18H24BF2NO4. The summed E-state index contributed by atoms with van der Waals surface area (Å²) < 4.78 is 45.9. The minimum absolute atomic E-state index is 0.0521. The van der Waals surface area contributed by atoms with Crippen molar-refractivity contribution in [3.05, 3.63) is 29.3 Å². The predicted molar refractivity (Wildman–Crippen MR) is 93.4 cm³/mol. The van der Waals surface area contributed by atoms with Crippen molar-refractivity contribution >= 4 is 18.5 Å².